The summed E-state index contributed by atoms with van der Waals surface area (Å²) in [6, 6.07) is 6.68. The Morgan fingerprint density at radius 2 is 2.14 bits per heavy atom. The van der Waals surface area contributed by atoms with Crippen LogP contribution in [0.15, 0.2) is 18.2 Å². The van der Waals surface area contributed by atoms with Crippen molar-refractivity contribution in [3.05, 3.63) is 34.9 Å². The molecule has 29 heavy (non-hydrogen) atoms. The largest absolute Gasteiger partial charge is 0.381 e. The minimum atomic E-state index is 0.0945. The average Bonchev–Trinajstić information content (AvgIpc) is 3.00. The van der Waals surface area contributed by atoms with E-state index in [0.717, 1.165) is 50.5 Å². The van der Waals surface area contributed by atoms with Crippen molar-refractivity contribution in [3.8, 4) is 11.8 Å². The summed E-state index contributed by atoms with van der Waals surface area (Å²) in [5, 5.41) is 3.99. The normalized spacial score (nSPS) is 25.3. The summed E-state index contributed by atoms with van der Waals surface area (Å²) in [6.07, 6.45) is 7.30. The highest BCUT2D eigenvalue weighted by Crippen LogP contribution is 2.54. The second kappa shape index (κ2) is 9.28. The van der Waals surface area contributed by atoms with Gasteiger partial charge >= 0.3 is 0 Å². The summed E-state index contributed by atoms with van der Waals surface area (Å²) in [6.45, 7) is 4.36. The van der Waals surface area contributed by atoms with E-state index in [9.17, 15) is 4.79 Å². The number of carbonyl (C=O) groups is 1. The van der Waals surface area contributed by atoms with Crippen LogP contribution in [0.2, 0.25) is 0 Å². The van der Waals surface area contributed by atoms with E-state index in [1.807, 2.05) is 0 Å². The van der Waals surface area contributed by atoms with Crippen molar-refractivity contribution in [2.75, 3.05) is 14.2 Å². The number of ether oxygens (including phenoxy) is 1. The molecule has 1 saturated carbocycles. The van der Waals surface area contributed by atoms with E-state index in [1.54, 1.807) is 14.2 Å². The monoisotopic (exact) mass is 412 g/mol. The number of methoxy groups -OCH3 is 1. The molecule has 1 aromatic carbocycles. The van der Waals surface area contributed by atoms with Crippen molar-refractivity contribution in [2.45, 2.75) is 64.5 Å². The van der Waals surface area contributed by atoms with E-state index < -0.39 is 0 Å². The van der Waals surface area contributed by atoms with Gasteiger partial charge in [0.1, 0.15) is 0 Å². The third-order valence-electron chi connectivity index (χ3n) is 6.36. The molecule has 0 heterocycles. The van der Waals surface area contributed by atoms with Gasteiger partial charge in [-0.15, -0.1) is 0 Å². The zero-order valence-electron chi connectivity index (χ0n) is 18.0. The predicted molar refractivity (Wildman–Crippen MR) is 120 cm³/mol. The molecule has 2 aliphatic carbocycles. The topological polar surface area (TPSA) is 41.6 Å². The molecule has 1 aromatic rings. The summed E-state index contributed by atoms with van der Waals surface area (Å²) >= 11 is 5.50. The maximum atomic E-state index is 11.2. The molecule has 4 nitrogen and oxygen atoms in total. The van der Waals surface area contributed by atoms with Crippen LogP contribution in [0, 0.1) is 23.2 Å². The fraction of sp³-hybridized carbons (Fsp3) is 0.583. The third-order valence-corrected chi connectivity index (χ3v) is 6.77. The number of rotatable bonds is 4. The molecule has 1 amide bonds. The number of nitrogens with zero attached hydrogens (tertiary/aromatic N) is 1. The second-order valence-electron chi connectivity index (χ2n) is 8.89. The maximum absolute atomic E-state index is 11.2. The lowest BCUT2D eigenvalue weighted by Gasteiger charge is -2.42. The van der Waals surface area contributed by atoms with E-state index >= 15 is 0 Å². The Morgan fingerprint density at radius 1 is 1.41 bits per heavy atom. The predicted octanol–water partition coefficient (Wildman–Crippen LogP) is 4.22. The van der Waals surface area contributed by atoms with Gasteiger partial charge < -0.3 is 10.1 Å². The number of amides is 1. The van der Waals surface area contributed by atoms with Gasteiger partial charge in [0.2, 0.25) is 6.41 Å². The number of benzene rings is 1. The van der Waals surface area contributed by atoms with E-state index in [-0.39, 0.29) is 11.5 Å². The summed E-state index contributed by atoms with van der Waals surface area (Å²) in [5.41, 5.74) is 3.80. The Hall–Kier alpha value is -1.90. The van der Waals surface area contributed by atoms with Crippen molar-refractivity contribution in [2.24, 2.45) is 11.3 Å². The molecule has 0 aromatic heterocycles. The molecule has 2 aliphatic rings. The van der Waals surface area contributed by atoms with Gasteiger partial charge in [-0.1, -0.05) is 31.8 Å². The van der Waals surface area contributed by atoms with Gasteiger partial charge in [0.15, 0.2) is 5.11 Å². The van der Waals surface area contributed by atoms with Crippen molar-refractivity contribution in [3.63, 3.8) is 0 Å². The Morgan fingerprint density at radius 3 is 2.76 bits per heavy atom. The summed E-state index contributed by atoms with van der Waals surface area (Å²) < 4.78 is 5.61. The smallest absolute Gasteiger partial charge is 0.215 e. The van der Waals surface area contributed by atoms with Crippen molar-refractivity contribution in [1.82, 2.24) is 10.2 Å². The average molecular weight is 413 g/mol. The first-order valence-corrected chi connectivity index (χ1v) is 10.9. The van der Waals surface area contributed by atoms with Crippen molar-refractivity contribution < 1.29 is 9.53 Å². The molecule has 0 aliphatic heterocycles. The zero-order chi connectivity index (χ0) is 21.0. The first kappa shape index (κ1) is 21.8. The molecule has 0 saturated heterocycles. The van der Waals surface area contributed by atoms with Crippen LogP contribution in [-0.4, -0.2) is 36.7 Å². The van der Waals surface area contributed by atoms with E-state index in [1.165, 1.54) is 16.0 Å². The maximum Gasteiger partial charge on any atom is 0.215 e. The molecular formula is C24H32N2O2S. The lowest BCUT2D eigenvalue weighted by Crippen LogP contribution is -2.45. The first-order valence-electron chi connectivity index (χ1n) is 10.5. The highest BCUT2D eigenvalue weighted by atomic mass is 32.1. The highest BCUT2D eigenvalue weighted by molar-refractivity contribution is 7.80. The minimum Gasteiger partial charge on any atom is -0.381 e. The molecule has 1 fully saturated rings. The third kappa shape index (κ3) is 4.82. The lowest BCUT2D eigenvalue weighted by atomic mass is 9.68. The quantitative estimate of drug-likeness (QED) is 0.457. The number of hydrogen-bond acceptors (Lipinski definition) is 3. The molecule has 3 rings (SSSR count). The molecule has 1 N–H and O–H groups in total. The highest BCUT2D eigenvalue weighted by Gasteiger charge is 2.48. The number of thiocarbonyl (C=S) groups is 1. The Balaban J connectivity index is 1.91. The van der Waals surface area contributed by atoms with E-state index in [4.69, 9.17) is 17.0 Å². The molecule has 1 unspecified atom stereocenters. The fourth-order valence-electron chi connectivity index (χ4n) is 4.64. The fourth-order valence-corrected chi connectivity index (χ4v) is 4.80. The molecule has 1 atom stereocenters. The Kier molecular flexibility index (Phi) is 6.97. The van der Waals surface area contributed by atoms with Gasteiger partial charge in [-0.2, -0.15) is 0 Å². The van der Waals surface area contributed by atoms with Crippen LogP contribution in [0.5, 0.6) is 0 Å². The number of hydrogen-bond donors (Lipinski definition) is 1. The van der Waals surface area contributed by atoms with Crippen LogP contribution in [0.3, 0.4) is 0 Å². The molecule has 1 spiro atoms. The van der Waals surface area contributed by atoms with Crippen molar-refractivity contribution >= 4 is 23.7 Å². The van der Waals surface area contributed by atoms with Crippen LogP contribution >= 0.6 is 12.2 Å². The SMILES string of the molecule is COC1CCC2(CC1)Cc1ccc(C#CCC(C)C)cc1C2NC(=S)N(C)C=O. The molecular weight excluding hydrogens is 380 g/mol. The van der Waals surface area contributed by atoms with Gasteiger partial charge in [-0.25, -0.2) is 0 Å². The molecule has 5 heteroatoms. The second-order valence-corrected chi connectivity index (χ2v) is 9.27. The lowest BCUT2D eigenvalue weighted by molar-refractivity contribution is -0.114. The summed E-state index contributed by atoms with van der Waals surface area (Å²) in [5.74, 6) is 7.19. The van der Waals surface area contributed by atoms with Gasteiger partial charge in [0.25, 0.3) is 0 Å². The first-order chi connectivity index (χ1) is 13.9. The van der Waals surface area contributed by atoms with Crippen LogP contribution in [0.1, 0.15) is 68.7 Å². The Bertz CT molecular complexity index is 816. The van der Waals surface area contributed by atoms with Gasteiger partial charge in [0, 0.05) is 26.1 Å². The molecule has 156 valence electrons. The number of carbonyl (C=O) groups excluding carboxylic acids is 1. The number of fused-ring (bicyclic) bond motifs is 1. The van der Waals surface area contributed by atoms with E-state index in [2.05, 4.69) is 49.2 Å². The number of nitrogens with one attached hydrogen (secondary N) is 1. The van der Waals surface area contributed by atoms with E-state index in [0.29, 0.717) is 17.1 Å². The summed E-state index contributed by atoms with van der Waals surface area (Å²) in [7, 11) is 3.50. The van der Waals surface area contributed by atoms with Gasteiger partial charge in [0.05, 0.1) is 12.1 Å². The molecule has 0 bridgehead atoms. The minimum absolute atomic E-state index is 0.0945. The van der Waals surface area contributed by atoms with Gasteiger partial charge in [-0.3, -0.25) is 9.69 Å². The molecule has 0 radical (unpaired) electrons. The van der Waals surface area contributed by atoms with Crippen LogP contribution < -0.4 is 5.32 Å². The van der Waals surface area contributed by atoms with Crippen LogP contribution in [-0.2, 0) is 16.0 Å². The van der Waals surface area contributed by atoms with Crippen LogP contribution in [0.4, 0.5) is 0 Å². The zero-order valence-corrected chi connectivity index (χ0v) is 18.8. The van der Waals surface area contributed by atoms with Crippen LogP contribution in [0.25, 0.3) is 0 Å². The van der Waals surface area contributed by atoms with Gasteiger partial charge in [-0.05, 0) is 78.9 Å². The summed E-state index contributed by atoms with van der Waals surface area (Å²) in [4.78, 5) is 12.6. The van der Waals surface area contributed by atoms with Crippen molar-refractivity contribution in [1.29, 1.82) is 0 Å². The Labute approximate surface area is 180 Å². The standard InChI is InChI=1S/C24H32N2O2S/c1-17(2)6-5-7-18-8-9-19-15-24(12-10-20(28-4)11-13-24)22(21(19)14-18)25-23(29)26(3)16-27/h8-9,14,16-17,20,22H,6,10-13,15H2,1-4H3,(H,25,29).